The van der Waals surface area contributed by atoms with Crippen LogP contribution in [0.5, 0.6) is 23.0 Å². The zero-order chi connectivity index (χ0) is 30.3. The second kappa shape index (κ2) is 16.0. The fraction of sp³-hybridized carbons (Fsp3) is 0.188. The predicted molar refractivity (Wildman–Crippen MR) is 152 cm³/mol. The molecule has 0 spiro atoms. The number of esters is 4. The first kappa shape index (κ1) is 31.2. The van der Waals surface area contributed by atoms with Crippen LogP contribution in [0.25, 0.3) is 0 Å². The highest BCUT2D eigenvalue weighted by molar-refractivity contribution is 5.92. The Morgan fingerprint density at radius 3 is 1.67 bits per heavy atom. The number of hydrogen-bond acceptors (Lipinski definition) is 10. The molecule has 0 unspecified atom stereocenters. The van der Waals surface area contributed by atoms with E-state index >= 15 is 0 Å². The summed E-state index contributed by atoms with van der Waals surface area (Å²) in [5.74, 6) is -0.517. The van der Waals surface area contributed by atoms with Crippen molar-refractivity contribution in [2.24, 2.45) is 0 Å². The van der Waals surface area contributed by atoms with Crippen molar-refractivity contribution in [3.05, 3.63) is 109 Å². The lowest BCUT2D eigenvalue weighted by Gasteiger charge is -2.11. The van der Waals surface area contributed by atoms with E-state index in [1.165, 1.54) is 6.07 Å². The Labute approximate surface area is 243 Å². The number of benzene rings is 3. The minimum Gasteiger partial charge on any atom is -0.493 e. The summed E-state index contributed by atoms with van der Waals surface area (Å²) in [6, 6.07) is 17.4. The van der Waals surface area contributed by atoms with Crippen molar-refractivity contribution in [3.8, 4) is 23.0 Å². The lowest BCUT2D eigenvalue weighted by molar-refractivity contribution is -0.139. The summed E-state index contributed by atoms with van der Waals surface area (Å²) in [5.41, 5.74) is 1.21. The van der Waals surface area contributed by atoms with Gasteiger partial charge in [-0.05, 0) is 79.2 Å². The molecule has 0 radical (unpaired) electrons. The molecule has 42 heavy (non-hydrogen) atoms. The Morgan fingerprint density at radius 2 is 1.12 bits per heavy atom. The van der Waals surface area contributed by atoms with Gasteiger partial charge in [0.15, 0.2) is 0 Å². The van der Waals surface area contributed by atoms with Gasteiger partial charge in [-0.3, -0.25) is 0 Å². The van der Waals surface area contributed by atoms with Gasteiger partial charge in [0.05, 0.1) is 24.3 Å². The lowest BCUT2D eigenvalue weighted by atomic mass is 10.2. The summed E-state index contributed by atoms with van der Waals surface area (Å²) in [7, 11) is 0. The maximum absolute atomic E-state index is 12.6. The van der Waals surface area contributed by atoms with Gasteiger partial charge in [0, 0.05) is 18.6 Å². The Morgan fingerprint density at radius 1 is 0.619 bits per heavy atom. The van der Waals surface area contributed by atoms with E-state index in [1.807, 2.05) is 0 Å². The van der Waals surface area contributed by atoms with E-state index in [0.29, 0.717) is 47.0 Å². The zero-order valence-corrected chi connectivity index (χ0v) is 23.0. The molecule has 3 aromatic carbocycles. The molecule has 218 valence electrons. The molecule has 0 aliphatic carbocycles. The molecule has 0 aliphatic heterocycles. The second-order valence-corrected chi connectivity index (χ2v) is 8.55. The monoisotopic (exact) mass is 574 g/mol. The van der Waals surface area contributed by atoms with Crippen molar-refractivity contribution in [2.45, 2.75) is 13.3 Å². The molecule has 0 saturated heterocycles. The molecule has 3 aromatic rings. The van der Waals surface area contributed by atoms with Gasteiger partial charge in [-0.1, -0.05) is 13.2 Å². The van der Waals surface area contributed by atoms with E-state index in [0.717, 1.165) is 12.2 Å². The van der Waals surface area contributed by atoms with E-state index in [9.17, 15) is 19.2 Å². The predicted octanol–water partition coefficient (Wildman–Crippen LogP) is 5.04. The maximum atomic E-state index is 12.6. The molecule has 10 nitrogen and oxygen atoms in total. The fourth-order valence-electron chi connectivity index (χ4n) is 3.34. The SMILES string of the molecule is C=CC(=O)OCCCOc1ccc(C(=O)Oc2ccc(OC(=O)c3ccc(OCCOC(=O)C=C)cc3)c(C)c2)cc1. The van der Waals surface area contributed by atoms with Gasteiger partial charge in [0.2, 0.25) is 0 Å². The van der Waals surface area contributed by atoms with Gasteiger partial charge in [0.25, 0.3) is 0 Å². The van der Waals surface area contributed by atoms with Crippen LogP contribution >= 0.6 is 0 Å². The van der Waals surface area contributed by atoms with E-state index in [4.69, 9.17) is 28.4 Å². The van der Waals surface area contributed by atoms with Crippen LogP contribution in [-0.2, 0) is 19.1 Å². The Balaban J connectivity index is 1.47. The van der Waals surface area contributed by atoms with Crippen LogP contribution < -0.4 is 18.9 Å². The third-order valence-electron chi connectivity index (χ3n) is 5.47. The number of aryl methyl sites for hydroxylation is 1. The summed E-state index contributed by atoms with van der Waals surface area (Å²) in [4.78, 5) is 47.2. The first-order valence-electron chi connectivity index (χ1n) is 12.9. The van der Waals surface area contributed by atoms with Crippen LogP contribution in [0.1, 0.15) is 32.7 Å². The maximum Gasteiger partial charge on any atom is 0.343 e. The largest absolute Gasteiger partial charge is 0.493 e. The average molecular weight is 575 g/mol. The van der Waals surface area contributed by atoms with E-state index in [2.05, 4.69) is 13.2 Å². The molecule has 0 atom stereocenters. The van der Waals surface area contributed by atoms with Crippen molar-refractivity contribution in [2.75, 3.05) is 26.4 Å². The number of carbonyl (C=O) groups is 4. The standard InChI is InChI=1S/C32H30O10/c1-4-29(33)39-18-6-17-37-25-11-7-23(8-12-25)31(35)41-27-15-16-28(22(3)21-27)42-32(36)24-9-13-26(14-10-24)38-19-20-40-30(34)5-2/h4-5,7-16,21H,1-2,6,17-20H2,3H3. The quantitative estimate of drug-likeness (QED) is 0.106. The Hall–Kier alpha value is -5.38. The topological polar surface area (TPSA) is 124 Å². The summed E-state index contributed by atoms with van der Waals surface area (Å²) >= 11 is 0. The molecule has 0 N–H and O–H groups in total. The molecular formula is C32H30O10. The van der Waals surface area contributed by atoms with Gasteiger partial charge in [0.1, 0.15) is 36.2 Å². The van der Waals surface area contributed by atoms with Crippen LogP contribution in [0, 0.1) is 6.92 Å². The molecule has 0 aliphatic rings. The lowest BCUT2D eigenvalue weighted by Crippen LogP contribution is -2.11. The first-order valence-corrected chi connectivity index (χ1v) is 12.9. The summed E-state index contributed by atoms with van der Waals surface area (Å²) in [5, 5.41) is 0. The van der Waals surface area contributed by atoms with Crippen molar-refractivity contribution < 1.29 is 47.6 Å². The van der Waals surface area contributed by atoms with Crippen molar-refractivity contribution in [3.63, 3.8) is 0 Å². The van der Waals surface area contributed by atoms with Gasteiger partial charge >= 0.3 is 23.9 Å². The van der Waals surface area contributed by atoms with Crippen LogP contribution in [-0.4, -0.2) is 50.3 Å². The van der Waals surface area contributed by atoms with Gasteiger partial charge in [-0.2, -0.15) is 0 Å². The molecule has 0 saturated carbocycles. The molecule has 0 bridgehead atoms. The highest BCUT2D eigenvalue weighted by Crippen LogP contribution is 2.25. The normalized spacial score (nSPS) is 10.1. The highest BCUT2D eigenvalue weighted by Gasteiger charge is 2.14. The van der Waals surface area contributed by atoms with E-state index in [-0.39, 0.29) is 25.6 Å². The molecule has 0 amide bonds. The minimum absolute atomic E-state index is 0.0691. The molecule has 0 aromatic heterocycles. The van der Waals surface area contributed by atoms with Crippen molar-refractivity contribution in [1.29, 1.82) is 0 Å². The van der Waals surface area contributed by atoms with Gasteiger partial charge < -0.3 is 28.4 Å². The van der Waals surface area contributed by atoms with E-state index in [1.54, 1.807) is 67.6 Å². The van der Waals surface area contributed by atoms with Crippen LogP contribution in [0.4, 0.5) is 0 Å². The molecule has 0 fully saturated rings. The summed E-state index contributed by atoms with van der Waals surface area (Å²) in [6.45, 7) is 9.13. The average Bonchev–Trinajstić information content (AvgIpc) is 3.00. The van der Waals surface area contributed by atoms with Crippen LogP contribution in [0.2, 0.25) is 0 Å². The third kappa shape index (κ3) is 9.98. The van der Waals surface area contributed by atoms with Crippen LogP contribution in [0.3, 0.4) is 0 Å². The number of hydrogen-bond donors (Lipinski definition) is 0. The first-order chi connectivity index (χ1) is 20.3. The Bertz CT molecular complexity index is 1410. The van der Waals surface area contributed by atoms with E-state index < -0.39 is 23.9 Å². The number of rotatable bonds is 15. The van der Waals surface area contributed by atoms with Crippen molar-refractivity contribution >= 4 is 23.9 Å². The minimum atomic E-state index is -0.575. The molecule has 10 heteroatoms. The highest BCUT2D eigenvalue weighted by atomic mass is 16.6. The smallest absolute Gasteiger partial charge is 0.343 e. The molecule has 0 heterocycles. The van der Waals surface area contributed by atoms with Gasteiger partial charge in [-0.25, -0.2) is 19.2 Å². The molecule has 3 rings (SSSR count). The zero-order valence-electron chi connectivity index (χ0n) is 23.0. The third-order valence-corrected chi connectivity index (χ3v) is 5.47. The Kier molecular flexibility index (Phi) is 11.9. The second-order valence-electron chi connectivity index (χ2n) is 8.55. The van der Waals surface area contributed by atoms with Gasteiger partial charge in [-0.15, -0.1) is 0 Å². The molecular weight excluding hydrogens is 544 g/mol. The number of carbonyl (C=O) groups excluding carboxylic acids is 4. The number of ether oxygens (including phenoxy) is 6. The fourth-order valence-corrected chi connectivity index (χ4v) is 3.34. The summed E-state index contributed by atoms with van der Waals surface area (Å²) in [6.07, 6.45) is 2.67. The summed E-state index contributed by atoms with van der Waals surface area (Å²) < 4.78 is 31.7. The van der Waals surface area contributed by atoms with Crippen LogP contribution in [0.15, 0.2) is 92.0 Å². The van der Waals surface area contributed by atoms with Crippen molar-refractivity contribution in [1.82, 2.24) is 0 Å².